The van der Waals surface area contributed by atoms with E-state index >= 15 is 0 Å². The summed E-state index contributed by atoms with van der Waals surface area (Å²) in [6.45, 7) is 2.06. The van der Waals surface area contributed by atoms with Crippen molar-refractivity contribution < 1.29 is 18.3 Å². The standard InChI is InChI=1S/C13H19NO4S/c1-3-14(11-4-5-11)19(16,17)12-6-7-13(18-2)10(8-12)9-15/h6-8,11,15H,3-5,9H2,1-2H3. The van der Waals surface area contributed by atoms with Crippen molar-refractivity contribution in [3.05, 3.63) is 23.8 Å². The molecule has 0 aromatic heterocycles. The van der Waals surface area contributed by atoms with Gasteiger partial charge in [0.15, 0.2) is 0 Å². The summed E-state index contributed by atoms with van der Waals surface area (Å²) in [5, 5.41) is 9.27. The van der Waals surface area contributed by atoms with Gasteiger partial charge in [0.25, 0.3) is 0 Å². The third-order valence-corrected chi connectivity index (χ3v) is 5.32. The molecule has 1 aliphatic rings. The molecule has 106 valence electrons. The summed E-state index contributed by atoms with van der Waals surface area (Å²) in [6, 6.07) is 4.73. The van der Waals surface area contributed by atoms with Crippen LogP contribution in [0.15, 0.2) is 23.1 Å². The smallest absolute Gasteiger partial charge is 0.243 e. The van der Waals surface area contributed by atoms with Gasteiger partial charge in [-0.25, -0.2) is 8.42 Å². The predicted octanol–water partition coefficient (Wildman–Crippen LogP) is 1.36. The van der Waals surface area contributed by atoms with Gasteiger partial charge in [0.2, 0.25) is 10.0 Å². The van der Waals surface area contributed by atoms with Gasteiger partial charge in [0, 0.05) is 18.2 Å². The van der Waals surface area contributed by atoms with Gasteiger partial charge in [-0.15, -0.1) is 0 Å². The summed E-state index contributed by atoms with van der Waals surface area (Å²) >= 11 is 0. The largest absolute Gasteiger partial charge is 0.496 e. The van der Waals surface area contributed by atoms with Gasteiger partial charge in [-0.05, 0) is 31.0 Å². The van der Waals surface area contributed by atoms with E-state index in [-0.39, 0.29) is 17.5 Å². The second kappa shape index (κ2) is 5.48. The fraction of sp³-hybridized carbons (Fsp3) is 0.538. The van der Waals surface area contributed by atoms with Crippen LogP contribution in [0, 0.1) is 0 Å². The molecular weight excluding hydrogens is 266 g/mol. The Hall–Kier alpha value is -1.11. The van der Waals surface area contributed by atoms with E-state index in [0.717, 1.165) is 12.8 Å². The van der Waals surface area contributed by atoms with E-state index in [0.29, 0.717) is 17.9 Å². The number of sulfonamides is 1. The predicted molar refractivity (Wildman–Crippen MR) is 71.5 cm³/mol. The molecule has 1 fully saturated rings. The first kappa shape index (κ1) is 14.3. The molecule has 6 heteroatoms. The van der Waals surface area contributed by atoms with Gasteiger partial charge in [-0.3, -0.25) is 0 Å². The minimum absolute atomic E-state index is 0.134. The molecule has 0 amide bonds. The first-order valence-corrected chi connectivity index (χ1v) is 7.78. The van der Waals surface area contributed by atoms with Crippen molar-refractivity contribution in [3.8, 4) is 5.75 Å². The molecule has 1 aromatic rings. The third-order valence-electron chi connectivity index (χ3n) is 3.29. The number of methoxy groups -OCH3 is 1. The number of aliphatic hydroxyl groups excluding tert-OH is 1. The van der Waals surface area contributed by atoms with Crippen molar-refractivity contribution in [1.29, 1.82) is 0 Å². The Bertz CT molecular complexity index is 552. The maximum atomic E-state index is 12.5. The van der Waals surface area contributed by atoms with E-state index in [2.05, 4.69) is 0 Å². The molecular formula is C13H19NO4S. The Morgan fingerprint density at radius 1 is 1.42 bits per heavy atom. The summed E-state index contributed by atoms with van der Waals surface area (Å²) in [4.78, 5) is 0.214. The maximum Gasteiger partial charge on any atom is 0.243 e. The fourth-order valence-electron chi connectivity index (χ4n) is 2.16. The third kappa shape index (κ3) is 2.75. The lowest BCUT2D eigenvalue weighted by Gasteiger charge is -2.20. The van der Waals surface area contributed by atoms with E-state index in [1.54, 1.807) is 6.07 Å². The molecule has 1 aromatic carbocycles. The van der Waals surface area contributed by atoms with Gasteiger partial charge in [-0.2, -0.15) is 4.31 Å². The van der Waals surface area contributed by atoms with Crippen molar-refractivity contribution in [2.45, 2.75) is 37.3 Å². The number of nitrogens with zero attached hydrogens (tertiary/aromatic N) is 1. The first-order valence-electron chi connectivity index (χ1n) is 6.34. The average molecular weight is 285 g/mol. The van der Waals surface area contributed by atoms with E-state index in [1.807, 2.05) is 6.92 Å². The van der Waals surface area contributed by atoms with Crippen molar-refractivity contribution in [3.63, 3.8) is 0 Å². The molecule has 1 saturated carbocycles. The van der Waals surface area contributed by atoms with Crippen LogP contribution in [0.25, 0.3) is 0 Å². The molecule has 0 bridgehead atoms. The van der Waals surface area contributed by atoms with Gasteiger partial charge in [0.1, 0.15) is 5.75 Å². The second-order valence-corrected chi connectivity index (χ2v) is 6.46. The van der Waals surface area contributed by atoms with Crippen molar-refractivity contribution >= 4 is 10.0 Å². The Morgan fingerprint density at radius 2 is 2.11 bits per heavy atom. The van der Waals surface area contributed by atoms with Gasteiger partial charge < -0.3 is 9.84 Å². The molecule has 5 nitrogen and oxygen atoms in total. The average Bonchev–Trinajstić information content (AvgIpc) is 3.23. The summed E-state index contributed by atoms with van der Waals surface area (Å²) < 4.78 is 31.6. The Labute approximate surface area is 113 Å². The molecule has 1 N–H and O–H groups in total. The Morgan fingerprint density at radius 3 is 2.58 bits per heavy atom. The maximum absolute atomic E-state index is 12.5. The molecule has 19 heavy (non-hydrogen) atoms. The summed E-state index contributed by atoms with van der Waals surface area (Å²) in [7, 11) is -1.99. The summed E-state index contributed by atoms with van der Waals surface area (Å²) in [6.07, 6.45) is 1.85. The highest BCUT2D eigenvalue weighted by Gasteiger charge is 2.37. The van der Waals surface area contributed by atoms with E-state index in [1.165, 1.54) is 23.5 Å². The van der Waals surface area contributed by atoms with Crippen LogP contribution < -0.4 is 4.74 Å². The zero-order valence-corrected chi connectivity index (χ0v) is 12.0. The minimum Gasteiger partial charge on any atom is -0.496 e. The topological polar surface area (TPSA) is 66.8 Å². The molecule has 2 rings (SSSR count). The normalized spacial score (nSPS) is 15.8. The lowest BCUT2D eigenvalue weighted by molar-refractivity contribution is 0.273. The van der Waals surface area contributed by atoms with Crippen LogP contribution in [0.2, 0.25) is 0 Å². The number of benzene rings is 1. The van der Waals surface area contributed by atoms with Crippen LogP contribution in [0.5, 0.6) is 5.75 Å². The number of aliphatic hydroxyl groups is 1. The molecule has 0 heterocycles. The molecule has 0 saturated heterocycles. The highest BCUT2D eigenvalue weighted by molar-refractivity contribution is 7.89. The quantitative estimate of drug-likeness (QED) is 0.857. The lowest BCUT2D eigenvalue weighted by Crippen LogP contribution is -2.32. The number of hydrogen-bond donors (Lipinski definition) is 1. The van der Waals surface area contributed by atoms with Crippen LogP contribution in [0.1, 0.15) is 25.3 Å². The summed E-state index contributed by atoms with van der Waals surface area (Å²) in [5.74, 6) is 0.496. The first-order chi connectivity index (χ1) is 9.04. The van der Waals surface area contributed by atoms with Crippen LogP contribution in [-0.2, 0) is 16.6 Å². The summed E-state index contributed by atoms with van der Waals surface area (Å²) in [5.41, 5.74) is 0.482. The zero-order valence-electron chi connectivity index (χ0n) is 11.2. The Kier molecular flexibility index (Phi) is 4.13. The highest BCUT2D eigenvalue weighted by atomic mass is 32.2. The number of hydrogen-bond acceptors (Lipinski definition) is 4. The van der Waals surface area contributed by atoms with Crippen LogP contribution in [0.4, 0.5) is 0 Å². The number of ether oxygens (including phenoxy) is 1. The van der Waals surface area contributed by atoms with Gasteiger partial charge >= 0.3 is 0 Å². The van der Waals surface area contributed by atoms with Crippen LogP contribution in [-0.4, -0.2) is 37.5 Å². The van der Waals surface area contributed by atoms with Crippen molar-refractivity contribution in [2.24, 2.45) is 0 Å². The van der Waals surface area contributed by atoms with Crippen LogP contribution >= 0.6 is 0 Å². The Balaban J connectivity index is 2.39. The van der Waals surface area contributed by atoms with E-state index in [9.17, 15) is 13.5 Å². The number of rotatable bonds is 6. The lowest BCUT2D eigenvalue weighted by atomic mass is 10.2. The fourth-order valence-corrected chi connectivity index (χ4v) is 3.91. The molecule has 0 spiro atoms. The van der Waals surface area contributed by atoms with Crippen molar-refractivity contribution in [1.82, 2.24) is 4.31 Å². The molecule has 0 radical (unpaired) electrons. The van der Waals surface area contributed by atoms with Gasteiger partial charge in [-0.1, -0.05) is 6.92 Å². The van der Waals surface area contributed by atoms with E-state index < -0.39 is 10.0 Å². The molecule has 1 aliphatic carbocycles. The van der Waals surface area contributed by atoms with Crippen molar-refractivity contribution in [2.75, 3.05) is 13.7 Å². The SMILES string of the molecule is CCN(C1CC1)S(=O)(=O)c1ccc(OC)c(CO)c1. The molecule has 0 unspecified atom stereocenters. The minimum atomic E-state index is -3.48. The van der Waals surface area contributed by atoms with Crippen LogP contribution in [0.3, 0.4) is 0 Å². The monoisotopic (exact) mass is 285 g/mol. The second-order valence-electron chi connectivity index (χ2n) is 4.57. The molecule has 0 atom stereocenters. The van der Waals surface area contributed by atoms with E-state index in [4.69, 9.17) is 4.74 Å². The zero-order chi connectivity index (χ0) is 14.0. The van der Waals surface area contributed by atoms with Gasteiger partial charge in [0.05, 0.1) is 18.6 Å². The molecule has 0 aliphatic heterocycles. The highest BCUT2D eigenvalue weighted by Crippen LogP contribution is 2.33.